The minimum absolute atomic E-state index is 0.152. The number of rotatable bonds is 5. The minimum Gasteiger partial charge on any atom is -0.462 e. The molecule has 1 aliphatic rings. The zero-order valence-electron chi connectivity index (χ0n) is 15.1. The van der Waals surface area contributed by atoms with Crippen molar-refractivity contribution in [1.82, 2.24) is 9.88 Å². The number of nitrogens with zero attached hydrogens (tertiary/aromatic N) is 2. The molecule has 2 amide bonds. The Morgan fingerprint density at radius 3 is 2.37 bits per heavy atom. The molecule has 3 rings (SSSR count). The normalized spacial score (nSPS) is 13.3. The molecule has 140 valence electrons. The predicted molar refractivity (Wildman–Crippen MR) is 99.7 cm³/mol. The molecule has 1 aromatic heterocycles. The molecule has 0 aliphatic carbocycles. The number of carbonyl (C=O) groups is 3. The highest BCUT2D eigenvalue weighted by molar-refractivity contribution is 6.04. The van der Waals surface area contributed by atoms with Gasteiger partial charge in [-0.15, -0.1) is 0 Å². The van der Waals surface area contributed by atoms with E-state index >= 15 is 0 Å². The highest BCUT2D eigenvalue weighted by atomic mass is 16.5. The van der Waals surface area contributed by atoms with Crippen molar-refractivity contribution in [2.45, 2.75) is 19.8 Å². The summed E-state index contributed by atoms with van der Waals surface area (Å²) in [5.41, 5.74) is 1.36. The summed E-state index contributed by atoms with van der Waals surface area (Å²) in [6.07, 6.45) is 1.99. The molecule has 27 heavy (non-hydrogen) atoms. The molecule has 1 fully saturated rings. The minimum atomic E-state index is -0.421. The number of pyridine rings is 1. The van der Waals surface area contributed by atoms with Crippen molar-refractivity contribution < 1.29 is 19.1 Å². The van der Waals surface area contributed by atoms with E-state index in [2.05, 4.69) is 10.3 Å². The zero-order valence-corrected chi connectivity index (χ0v) is 15.1. The van der Waals surface area contributed by atoms with Crippen LogP contribution in [0.5, 0.6) is 0 Å². The van der Waals surface area contributed by atoms with Crippen LogP contribution in [0.3, 0.4) is 0 Å². The second kappa shape index (κ2) is 8.44. The number of benzene rings is 1. The maximum Gasteiger partial charge on any atom is 0.338 e. The second-order valence-electron chi connectivity index (χ2n) is 6.16. The molecule has 0 unspecified atom stereocenters. The van der Waals surface area contributed by atoms with E-state index in [4.69, 9.17) is 4.74 Å². The van der Waals surface area contributed by atoms with E-state index in [0.29, 0.717) is 17.9 Å². The summed E-state index contributed by atoms with van der Waals surface area (Å²) in [4.78, 5) is 42.5. The van der Waals surface area contributed by atoms with Crippen LogP contribution in [0, 0.1) is 0 Å². The number of anilines is 1. The number of aromatic nitrogens is 1. The number of nitrogens with one attached hydrogen (secondary N) is 1. The molecule has 0 bridgehead atoms. The van der Waals surface area contributed by atoms with Crippen molar-refractivity contribution >= 4 is 23.5 Å². The molecule has 7 nitrogen and oxygen atoms in total. The van der Waals surface area contributed by atoms with Crippen LogP contribution in [0.1, 0.15) is 51.1 Å². The highest BCUT2D eigenvalue weighted by Crippen LogP contribution is 2.14. The van der Waals surface area contributed by atoms with Gasteiger partial charge < -0.3 is 15.0 Å². The Labute approximate surface area is 157 Å². The van der Waals surface area contributed by atoms with Gasteiger partial charge >= 0.3 is 5.97 Å². The number of hydrogen-bond acceptors (Lipinski definition) is 5. The van der Waals surface area contributed by atoms with Gasteiger partial charge in [0.2, 0.25) is 0 Å². The van der Waals surface area contributed by atoms with E-state index in [0.717, 1.165) is 25.9 Å². The molecule has 0 saturated carbocycles. The molecule has 1 N–H and O–H groups in total. The fourth-order valence-electron chi connectivity index (χ4n) is 2.86. The summed E-state index contributed by atoms with van der Waals surface area (Å²) in [6, 6.07) is 11.2. The Morgan fingerprint density at radius 2 is 1.70 bits per heavy atom. The molecule has 0 atom stereocenters. The molecular weight excluding hydrogens is 346 g/mol. The van der Waals surface area contributed by atoms with Crippen molar-refractivity contribution in [2.24, 2.45) is 0 Å². The van der Waals surface area contributed by atoms with Crippen molar-refractivity contribution in [2.75, 3.05) is 25.0 Å². The Balaban J connectivity index is 1.68. The molecule has 0 radical (unpaired) electrons. The Kier molecular flexibility index (Phi) is 5.80. The number of carbonyl (C=O) groups excluding carboxylic acids is 3. The Bertz CT molecular complexity index is 843. The van der Waals surface area contributed by atoms with Crippen LogP contribution in [-0.4, -0.2) is 47.4 Å². The number of amides is 2. The molecule has 1 aromatic carbocycles. The summed E-state index contributed by atoms with van der Waals surface area (Å²) in [5.74, 6) is -0.985. The largest absolute Gasteiger partial charge is 0.462 e. The van der Waals surface area contributed by atoms with Crippen LogP contribution in [-0.2, 0) is 4.74 Å². The van der Waals surface area contributed by atoms with Crippen molar-refractivity contribution in [3.05, 3.63) is 59.4 Å². The lowest BCUT2D eigenvalue weighted by Gasteiger charge is -2.14. The fraction of sp³-hybridized carbons (Fsp3) is 0.300. The summed E-state index contributed by atoms with van der Waals surface area (Å²) in [5, 5.41) is 2.71. The van der Waals surface area contributed by atoms with Gasteiger partial charge in [0.05, 0.1) is 12.2 Å². The smallest absolute Gasteiger partial charge is 0.338 e. The van der Waals surface area contributed by atoms with Crippen LogP contribution in [0.15, 0.2) is 42.5 Å². The van der Waals surface area contributed by atoms with E-state index < -0.39 is 11.9 Å². The number of hydrogen-bond donors (Lipinski definition) is 1. The van der Waals surface area contributed by atoms with Crippen LogP contribution in [0.2, 0.25) is 0 Å². The van der Waals surface area contributed by atoms with Crippen molar-refractivity contribution in [3.8, 4) is 0 Å². The summed E-state index contributed by atoms with van der Waals surface area (Å²) in [6.45, 7) is 3.49. The Morgan fingerprint density at radius 1 is 1.04 bits per heavy atom. The SMILES string of the molecule is CCOC(=O)c1ccc(NC(=O)c2cccc(C(=O)N3CCCC3)n2)cc1. The van der Waals surface area contributed by atoms with Crippen LogP contribution in [0.4, 0.5) is 5.69 Å². The molecule has 7 heteroatoms. The van der Waals surface area contributed by atoms with Gasteiger partial charge in [0.1, 0.15) is 11.4 Å². The van der Waals surface area contributed by atoms with Gasteiger partial charge in [-0.05, 0) is 56.2 Å². The van der Waals surface area contributed by atoms with E-state index in [9.17, 15) is 14.4 Å². The van der Waals surface area contributed by atoms with Crippen molar-refractivity contribution in [1.29, 1.82) is 0 Å². The maximum absolute atomic E-state index is 12.4. The fourth-order valence-corrected chi connectivity index (χ4v) is 2.86. The molecule has 1 saturated heterocycles. The first-order valence-corrected chi connectivity index (χ1v) is 8.93. The number of esters is 1. The van der Waals surface area contributed by atoms with Gasteiger partial charge in [-0.25, -0.2) is 9.78 Å². The third-order valence-corrected chi connectivity index (χ3v) is 4.25. The van der Waals surface area contributed by atoms with E-state index in [1.54, 1.807) is 54.3 Å². The van der Waals surface area contributed by atoms with Crippen LogP contribution in [0.25, 0.3) is 0 Å². The van der Waals surface area contributed by atoms with Crippen molar-refractivity contribution in [3.63, 3.8) is 0 Å². The number of ether oxygens (including phenoxy) is 1. The van der Waals surface area contributed by atoms with Gasteiger partial charge in [0.25, 0.3) is 11.8 Å². The van der Waals surface area contributed by atoms with Gasteiger partial charge in [-0.2, -0.15) is 0 Å². The predicted octanol–water partition coefficient (Wildman–Crippen LogP) is 2.75. The first-order valence-electron chi connectivity index (χ1n) is 8.93. The maximum atomic E-state index is 12.4. The average Bonchev–Trinajstić information content (AvgIpc) is 3.23. The van der Waals surface area contributed by atoms with E-state index in [1.165, 1.54) is 0 Å². The highest BCUT2D eigenvalue weighted by Gasteiger charge is 2.21. The Hall–Kier alpha value is -3.22. The number of likely N-dealkylation sites (tertiary alicyclic amines) is 1. The lowest BCUT2D eigenvalue weighted by molar-refractivity contribution is 0.0526. The topological polar surface area (TPSA) is 88.6 Å². The summed E-state index contributed by atoms with van der Waals surface area (Å²) < 4.78 is 4.92. The van der Waals surface area contributed by atoms with Gasteiger partial charge in [-0.3, -0.25) is 9.59 Å². The first-order chi connectivity index (χ1) is 13.1. The standard InChI is InChI=1S/C20H21N3O4/c1-2-27-20(26)14-8-10-15(11-9-14)21-18(24)16-6-5-7-17(22-16)19(25)23-12-3-4-13-23/h5-11H,2-4,12-13H2,1H3,(H,21,24). The molecule has 1 aliphatic heterocycles. The van der Waals surface area contributed by atoms with E-state index in [-0.39, 0.29) is 17.3 Å². The van der Waals surface area contributed by atoms with Crippen LogP contribution >= 0.6 is 0 Å². The van der Waals surface area contributed by atoms with Gasteiger partial charge in [0, 0.05) is 18.8 Å². The third-order valence-electron chi connectivity index (χ3n) is 4.25. The second-order valence-corrected chi connectivity index (χ2v) is 6.16. The lowest BCUT2D eigenvalue weighted by atomic mass is 10.2. The summed E-state index contributed by atoms with van der Waals surface area (Å²) in [7, 11) is 0. The lowest BCUT2D eigenvalue weighted by Crippen LogP contribution is -2.29. The first kappa shape index (κ1) is 18.6. The average molecular weight is 367 g/mol. The van der Waals surface area contributed by atoms with Crippen LogP contribution < -0.4 is 5.32 Å². The summed E-state index contributed by atoms with van der Waals surface area (Å²) >= 11 is 0. The van der Waals surface area contributed by atoms with E-state index in [1.807, 2.05) is 0 Å². The quantitative estimate of drug-likeness (QED) is 0.821. The molecular formula is C20H21N3O4. The zero-order chi connectivity index (χ0) is 19.2. The molecule has 0 spiro atoms. The monoisotopic (exact) mass is 367 g/mol. The molecule has 2 aromatic rings. The third kappa shape index (κ3) is 4.49. The van der Waals surface area contributed by atoms with Gasteiger partial charge in [-0.1, -0.05) is 6.07 Å². The van der Waals surface area contributed by atoms with Gasteiger partial charge in [0.15, 0.2) is 0 Å². The molecule has 2 heterocycles.